The quantitative estimate of drug-likeness (QED) is 0.186. The van der Waals surface area contributed by atoms with Crippen molar-refractivity contribution in [1.82, 2.24) is 19.5 Å². The lowest BCUT2D eigenvalue weighted by atomic mass is 10.0. The van der Waals surface area contributed by atoms with Crippen LogP contribution in [-0.2, 0) is 0 Å². The molecule has 0 saturated carbocycles. The minimum absolute atomic E-state index is 0.0329. The summed E-state index contributed by atoms with van der Waals surface area (Å²) in [6, 6.07) is 37.3. The predicted molar refractivity (Wildman–Crippen MR) is 203 cm³/mol. The summed E-state index contributed by atoms with van der Waals surface area (Å²) in [5.41, 5.74) is 5.34. The molecule has 0 amide bonds. The van der Waals surface area contributed by atoms with Crippen molar-refractivity contribution in [1.29, 1.82) is 0 Å². The molecule has 0 N–H and O–H groups in total. The van der Waals surface area contributed by atoms with Crippen LogP contribution >= 0.6 is 0 Å². The number of aromatic nitrogens is 4. The zero-order chi connectivity index (χ0) is 39.1. The highest BCUT2D eigenvalue weighted by Gasteiger charge is 2.20. The average molecular weight is 648 g/mol. The van der Waals surface area contributed by atoms with Gasteiger partial charge in [-0.05, 0) is 53.5 Å². The van der Waals surface area contributed by atoms with Gasteiger partial charge in [0.2, 0.25) is 0 Å². The lowest BCUT2D eigenvalue weighted by molar-refractivity contribution is 0.669. The number of para-hydroxylation sites is 3. The third kappa shape index (κ3) is 4.60. The third-order valence-electron chi connectivity index (χ3n) is 8.95. The molecule has 10 rings (SSSR count). The van der Waals surface area contributed by atoms with Crippen molar-refractivity contribution < 1.29 is 14.0 Å². The Hall–Kier alpha value is -6.85. The molecule has 3 heterocycles. The van der Waals surface area contributed by atoms with E-state index in [9.17, 15) is 4.11 Å². The van der Waals surface area contributed by atoms with E-state index < -0.39 is 18.1 Å². The number of benzene rings is 7. The zero-order valence-corrected chi connectivity index (χ0v) is 26.3. The largest absolute Gasteiger partial charge is 0.456 e. The van der Waals surface area contributed by atoms with Gasteiger partial charge in [0.15, 0.2) is 17.5 Å². The minimum Gasteiger partial charge on any atom is -0.456 e. The van der Waals surface area contributed by atoms with Gasteiger partial charge in [0.05, 0.1) is 20.6 Å². The molecule has 5 heteroatoms. The van der Waals surface area contributed by atoms with Gasteiger partial charge in [0.1, 0.15) is 11.2 Å². The molecule has 7 aromatic carbocycles. The van der Waals surface area contributed by atoms with Crippen LogP contribution in [0, 0.1) is 0 Å². The van der Waals surface area contributed by atoms with Gasteiger partial charge in [-0.25, -0.2) is 15.0 Å². The Kier molecular flexibility index (Phi) is 4.99. The van der Waals surface area contributed by atoms with Crippen LogP contribution in [0.15, 0.2) is 174 Å². The lowest BCUT2D eigenvalue weighted by Crippen LogP contribution is -2.02. The normalized spacial score (nSPS) is 13.6. The average Bonchev–Trinajstić information content (AvgIpc) is 3.81. The maximum atomic E-state index is 9.47. The highest BCUT2D eigenvalue weighted by atomic mass is 16.3. The van der Waals surface area contributed by atoms with Crippen molar-refractivity contribution in [2.24, 2.45) is 0 Å². The zero-order valence-electron chi connectivity index (χ0n) is 33.3. The number of hydrogen-bond acceptors (Lipinski definition) is 4. The first-order valence-corrected chi connectivity index (χ1v) is 16.1. The van der Waals surface area contributed by atoms with Crippen molar-refractivity contribution in [3.63, 3.8) is 0 Å². The Morgan fingerprint density at radius 3 is 2.00 bits per heavy atom. The third-order valence-corrected chi connectivity index (χ3v) is 8.95. The van der Waals surface area contributed by atoms with Crippen LogP contribution < -0.4 is 0 Å². The van der Waals surface area contributed by atoms with E-state index in [1.54, 1.807) is 4.57 Å². The number of nitrogens with zero attached hydrogens (tertiary/aromatic N) is 4. The van der Waals surface area contributed by atoms with Gasteiger partial charge < -0.3 is 8.98 Å². The smallest absolute Gasteiger partial charge is 0.166 e. The second-order valence-corrected chi connectivity index (χ2v) is 11.9. The lowest BCUT2D eigenvalue weighted by Gasteiger charge is -2.13. The Bertz CT molecular complexity index is 3270. The van der Waals surface area contributed by atoms with E-state index in [1.165, 1.54) is 0 Å². The summed E-state index contributed by atoms with van der Waals surface area (Å²) in [5, 5.41) is 2.05. The van der Waals surface area contributed by atoms with E-state index >= 15 is 0 Å². The Labute approximate surface area is 297 Å². The molecular weight excluding hydrogens is 613 g/mol. The van der Waals surface area contributed by atoms with Crippen LogP contribution in [0.5, 0.6) is 0 Å². The number of fused-ring (bicyclic) bond motifs is 6. The van der Waals surface area contributed by atoms with Gasteiger partial charge in [-0.3, -0.25) is 0 Å². The summed E-state index contributed by atoms with van der Waals surface area (Å²) in [6.07, 6.45) is 0. The topological polar surface area (TPSA) is 56.7 Å². The van der Waals surface area contributed by atoms with Gasteiger partial charge in [-0.2, -0.15) is 0 Å². The molecule has 0 unspecified atom stereocenters. The van der Waals surface area contributed by atoms with Gasteiger partial charge in [0, 0.05) is 43.9 Å². The van der Waals surface area contributed by atoms with E-state index in [2.05, 4.69) is 0 Å². The van der Waals surface area contributed by atoms with Gasteiger partial charge >= 0.3 is 0 Å². The van der Waals surface area contributed by atoms with Crippen molar-refractivity contribution in [2.75, 3.05) is 0 Å². The van der Waals surface area contributed by atoms with Crippen molar-refractivity contribution >= 4 is 43.7 Å². The van der Waals surface area contributed by atoms with Crippen LogP contribution in [0.2, 0.25) is 0 Å². The van der Waals surface area contributed by atoms with Gasteiger partial charge in [-0.1, -0.05) is 127 Å². The van der Waals surface area contributed by atoms with Crippen molar-refractivity contribution in [3.8, 4) is 51.0 Å². The Balaban J connectivity index is 1.34. The molecule has 0 atom stereocenters. The second-order valence-electron chi connectivity index (χ2n) is 11.9. The van der Waals surface area contributed by atoms with E-state index in [0.717, 1.165) is 27.5 Å². The molecule has 0 radical (unpaired) electrons. The first kappa shape index (κ1) is 21.9. The number of furan rings is 1. The van der Waals surface area contributed by atoms with Gasteiger partial charge in [-0.15, -0.1) is 0 Å². The fraction of sp³-hybridized carbons (Fsp3) is 0. The summed E-state index contributed by atoms with van der Waals surface area (Å²) in [5.74, 6) is 0.603. The molecule has 0 aliphatic heterocycles. The van der Waals surface area contributed by atoms with Crippen molar-refractivity contribution in [2.45, 2.75) is 0 Å². The van der Waals surface area contributed by atoms with Crippen molar-refractivity contribution in [3.05, 3.63) is 170 Å². The summed E-state index contributed by atoms with van der Waals surface area (Å²) >= 11 is 0. The Morgan fingerprint density at radius 1 is 0.460 bits per heavy atom. The number of hydrogen-bond donors (Lipinski definition) is 0. The monoisotopic (exact) mass is 647 g/mol. The van der Waals surface area contributed by atoms with Crippen LogP contribution in [0.25, 0.3) is 94.7 Å². The SMILES string of the molecule is [2H]c1c([2H])c([2H])c2c(c1[2H])c1c([2H])c([2H])c([2H])c(-c3nc(-c4ccccc4)nc(-c4ccc5c(c4)oc4ccccc45)n3)c1n2-c1cccc(-c2ccccc2)c1. The van der Waals surface area contributed by atoms with Crippen LogP contribution in [0.4, 0.5) is 0 Å². The summed E-state index contributed by atoms with van der Waals surface area (Å²) in [7, 11) is 0. The first-order valence-electron chi connectivity index (χ1n) is 19.6. The maximum Gasteiger partial charge on any atom is 0.166 e. The second kappa shape index (κ2) is 11.4. The highest BCUT2D eigenvalue weighted by molar-refractivity contribution is 6.13. The molecule has 0 bridgehead atoms. The standard InChI is InChI=1S/C45H28N4O/c1-3-13-29(14-4-1)31-17-11-18-33(27-31)49-39-23-9-7-19-34(39)37-21-12-22-38(42(37)49)45-47-43(30-15-5-2-6-16-30)46-44(48-45)32-25-26-36-35-20-8-10-24-40(35)50-41(36)28-32/h1-28H/i7D,9D,12D,19D,21D,22D,23D. The molecule has 234 valence electrons. The van der Waals surface area contributed by atoms with Crippen LogP contribution in [-0.4, -0.2) is 19.5 Å². The molecule has 5 nitrogen and oxygen atoms in total. The summed E-state index contributed by atoms with van der Waals surface area (Å²) < 4.78 is 71.3. The van der Waals surface area contributed by atoms with E-state index in [4.69, 9.17) is 24.9 Å². The predicted octanol–water partition coefficient (Wildman–Crippen LogP) is 11.5. The molecule has 0 aliphatic carbocycles. The van der Waals surface area contributed by atoms with E-state index in [-0.39, 0.29) is 63.2 Å². The molecule has 0 saturated heterocycles. The summed E-state index contributed by atoms with van der Waals surface area (Å²) in [4.78, 5) is 14.8. The molecule has 3 aromatic heterocycles. The molecule has 50 heavy (non-hydrogen) atoms. The summed E-state index contributed by atoms with van der Waals surface area (Å²) in [6.45, 7) is 0. The fourth-order valence-corrected chi connectivity index (χ4v) is 6.64. The molecule has 0 fully saturated rings. The van der Waals surface area contributed by atoms with Gasteiger partial charge in [0.25, 0.3) is 0 Å². The van der Waals surface area contributed by atoms with Crippen LogP contribution in [0.1, 0.15) is 9.60 Å². The number of rotatable bonds is 5. The molecular formula is C45H28N4O. The Morgan fingerprint density at radius 2 is 1.14 bits per heavy atom. The fourth-order valence-electron chi connectivity index (χ4n) is 6.64. The maximum absolute atomic E-state index is 9.47. The minimum atomic E-state index is -0.471. The first-order chi connectivity index (χ1) is 27.7. The molecule has 0 spiro atoms. The van der Waals surface area contributed by atoms with E-state index in [1.807, 2.05) is 127 Å². The van der Waals surface area contributed by atoms with E-state index in [0.29, 0.717) is 28.2 Å². The highest BCUT2D eigenvalue weighted by Crippen LogP contribution is 2.39. The molecule has 10 aromatic rings. The van der Waals surface area contributed by atoms with Crippen LogP contribution in [0.3, 0.4) is 0 Å². The molecule has 0 aliphatic rings.